The number of aryl methyl sites for hydroxylation is 1. The molecule has 1 aromatic carbocycles. The lowest BCUT2D eigenvalue weighted by atomic mass is 9.82. The Kier molecular flexibility index (Phi) is 4.71. The molecule has 1 aromatic heterocycles. The van der Waals surface area contributed by atoms with Crippen LogP contribution in [0.2, 0.25) is 0 Å². The molecule has 0 atom stereocenters. The highest BCUT2D eigenvalue weighted by molar-refractivity contribution is 5.87. The van der Waals surface area contributed by atoms with E-state index < -0.39 is 5.54 Å². The van der Waals surface area contributed by atoms with Crippen LogP contribution in [0.1, 0.15) is 50.2 Å². The lowest BCUT2D eigenvalue weighted by molar-refractivity contribution is -0.127. The quantitative estimate of drug-likeness (QED) is 0.794. The van der Waals surface area contributed by atoms with Gasteiger partial charge in [-0.15, -0.1) is 0 Å². The van der Waals surface area contributed by atoms with Crippen molar-refractivity contribution in [1.29, 1.82) is 0 Å². The molecular weight excluding hydrogens is 286 g/mol. The molecule has 0 saturated heterocycles. The van der Waals surface area contributed by atoms with Gasteiger partial charge in [0.15, 0.2) is 0 Å². The number of carbonyl (C=O) groups excluding carboxylic acids is 1. The number of hydrogen-bond donors (Lipinski definition) is 3. The second-order valence-electron chi connectivity index (χ2n) is 6.73. The lowest BCUT2D eigenvalue weighted by Gasteiger charge is -2.31. The predicted octanol–water partition coefficient (Wildman–Crippen LogP) is 3.05. The normalized spacial score (nSPS) is 17.3. The van der Waals surface area contributed by atoms with Crippen molar-refractivity contribution >= 4 is 16.8 Å². The molecule has 2 aromatic rings. The highest BCUT2D eigenvalue weighted by Gasteiger charge is 2.34. The molecule has 0 radical (unpaired) electrons. The maximum atomic E-state index is 12.4. The summed E-state index contributed by atoms with van der Waals surface area (Å²) >= 11 is 0. The van der Waals surface area contributed by atoms with Gasteiger partial charge in [-0.1, -0.05) is 44.4 Å². The van der Waals surface area contributed by atoms with E-state index in [-0.39, 0.29) is 5.91 Å². The molecule has 1 aliphatic rings. The largest absolute Gasteiger partial charge is 0.361 e. The third kappa shape index (κ3) is 3.27. The van der Waals surface area contributed by atoms with Crippen molar-refractivity contribution in [2.45, 2.75) is 57.4 Å². The van der Waals surface area contributed by atoms with Gasteiger partial charge in [-0.05, 0) is 36.8 Å². The van der Waals surface area contributed by atoms with Crippen molar-refractivity contribution in [1.82, 2.24) is 10.3 Å². The van der Waals surface area contributed by atoms with E-state index in [9.17, 15) is 4.79 Å². The number of para-hydroxylation sites is 1. The van der Waals surface area contributed by atoms with Gasteiger partial charge in [0.25, 0.3) is 0 Å². The smallest absolute Gasteiger partial charge is 0.240 e. The van der Waals surface area contributed by atoms with Crippen LogP contribution in [0.15, 0.2) is 24.4 Å². The molecule has 1 fully saturated rings. The van der Waals surface area contributed by atoms with Crippen LogP contribution in [0.5, 0.6) is 0 Å². The van der Waals surface area contributed by atoms with Gasteiger partial charge in [-0.2, -0.15) is 0 Å². The molecule has 1 aliphatic carbocycles. The zero-order chi connectivity index (χ0) is 16.3. The topological polar surface area (TPSA) is 70.9 Å². The molecule has 1 amide bonds. The first kappa shape index (κ1) is 16.1. The second kappa shape index (κ2) is 6.75. The Balaban J connectivity index is 1.62. The maximum absolute atomic E-state index is 12.4. The molecule has 23 heavy (non-hydrogen) atoms. The van der Waals surface area contributed by atoms with E-state index in [4.69, 9.17) is 5.73 Å². The van der Waals surface area contributed by atoms with Gasteiger partial charge in [0, 0.05) is 23.6 Å². The van der Waals surface area contributed by atoms with E-state index in [0.29, 0.717) is 6.54 Å². The first-order chi connectivity index (χ1) is 11.1. The van der Waals surface area contributed by atoms with Crippen molar-refractivity contribution in [3.63, 3.8) is 0 Å². The third-order valence-corrected chi connectivity index (χ3v) is 5.15. The van der Waals surface area contributed by atoms with Crippen molar-refractivity contribution in [3.8, 4) is 0 Å². The van der Waals surface area contributed by atoms with Crippen LogP contribution in [0.25, 0.3) is 10.9 Å². The molecule has 4 N–H and O–H groups in total. The summed E-state index contributed by atoms with van der Waals surface area (Å²) in [6.07, 6.45) is 8.85. The molecule has 0 spiro atoms. The number of nitrogens with two attached hydrogens (primary N) is 1. The van der Waals surface area contributed by atoms with Crippen LogP contribution >= 0.6 is 0 Å². The molecule has 4 nitrogen and oxygen atoms in total. The number of aromatic amines is 1. The van der Waals surface area contributed by atoms with E-state index in [1.165, 1.54) is 28.5 Å². The summed E-state index contributed by atoms with van der Waals surface area (Å²) in [7, 11) is 0. The Bertz CT molecular complexity index is 683. The van der Waals surface area contributed by atoms with Gasteiger partial charge in [0.1, 0.15) is 0 Å². The fourth-order valence-electron chi connectivity index (χ4n) is 3.67. The van der Waals surface area contributed by atoms with E-state index in [1.54, 1.807) is 0 Å². The first-order valence-electron chi connectivity index (χ1n) is 8.79. The number of H-pyrrole nitrogens is 1. The molecule has 1 heterocycles. The Labute approximate surface area is 137 Å². The zero-order valence-electron chi connectivity index (χ0n) is 14.0. The summed E-state index contributed by atoms with van der Waals surface area (Å²) < 4.78 is 0. The SMILES string of the molecule is CCc1cccc2c(CCNC(=O)C3(N)CCCCC3)c[nH]c12. The van der Waals surface area contributed by atoms with Crippen LogP contribution in [0, 0.1) is 0 Å². The molecule has 3 rings (SSSR count). The van der Waals surface area contributed by atoms with Crippen LogP contribution < -0.4 is 11.1 Å². The van der Waals surface area contributed by atoms with Gasteiger partial charge in [-0.3, -0.25) is 4.79 Å². The van der Waals surface area contributed by atoms with Gasteiger partial charge in [-0.25, -0.2) is 0 Å². The number of nitrogens with one attached hydrogen (secondary N) is 2. The van der Waals surface area contributed by atoms with E-state index in [2.05, 4.69) is 41.6 Å². The van der Waals surface area contributed by atoms with Crippen molar-refractivity contribution in [3.05, 3.63) is 35.5 Å². The first-order valence-corrected chi connectivity index (χ1v) is 8.79. The van der Waals surface area contributed by atoms with Crippen molar-refractivity contribution in [2.24, 2.45) is 5.73 Å². The summed E-state index contributed by atoms with van der Waals surface area (Å²) in [4.78, 5) is 15.7. The number of benzene rings is 1. The fourth-order valence-corrected chi connectivity index (χ4v) is 3.67. The summed E-state index contributed by atoms with van der Waals surface area (Å²) in [6, 6.07) is 6.41. The summed E-state index contributed by atoms with van der Waals surface area (Å²) in [5.41, 5.74) is 9.44. The molecule has 0 bridgehead atoms. The standard InChI is InChI=1S/C19H27N3O/c1-2-14-7-6-8-16-15(13-22-17(14)16)9-12-21-18(23)19(20)10-4-3-5-11-19/h6-8,13,22H,2-5,9-12,20H2,1H3,(H,21,23). The van der Waals surface area contributed by atoms with Crippen molar-refractivity contribution < 1.29 is 4.79 Å². The van der Waals surface area contributed by atoms with Gasteiger partial charge < -0.3 is 16.0 Å². The Hall–Kier alpha value is -1.81. The highest BCUT2D eigenvalue weighted by atomic mass is 16.2. The Morgan fingerprint density at radius 3 is 2.78 bits per heavy atom. The minimum Gasteiger partial charge on any atom is -0.361 e. The number of aromatic nitrogens is 1. The lowest BCUT2D eigenvalue weighted by Crippen LogP contribution is -2.55. The number of fused-ring (bicyclic) bond motifs is 1. The third-order valence-electron chi connectivity index (χ3n) is 5.15. The summed E-state index contributed by atoms with van der Waals surface area (Å²) in [5.74, 6) is 0.0197. The van der Waals surface area contributed by atoms with Gasteiger partial charge >= 0.3 is 0 Å². The number of carbonyl (C=O) groups is 1. The molecule has 4 heteroatoms. The van der Waals surface area contributed by atoms with Crippen LogP contribution in [-0.2, 0) is 17.6 Å². The predicted molar refractivity (Wildman–Crippen MR) is 94.4 cm³/mol. The summed E-state index contributed by atoms with van der Waals surface area (Å²) in [5, 5.41) is 4.31. The van der Waals surface area contributed by atoms with E-state index in [1.807, 2.05) is 0 Å². The second-order valence-corrected chi connectivity index (χ2v) is 6.73. The molecule has 0 aliphatic heterocycles. The van der Waals surface area contributed by atoms with E-state index >= 15 is 0 Å². The molecule has 124 valence electrons. The molecule has 0 unspecified atom stereocenters. The van der Waals surface area contributed by atoms with Crippen molar-refractivity contribution in [2.75, 3.05) is 6.54 Å². The van der Waals surface area contributed by atoms with E-state index in [0.717, 1.165) is 38.5 Å². The molecule has 1 saturated carbocycles. The number of amides is 1. The van der Waals surface area contributed by atoms with Crippen LogP contribution in [0.4, 0.5) is 0 Å². The average Bonchev–Trinajstić information content (AvgIpc) is 2.98. The van der Waals surface area contributed by atoms with Crippen LogP contribution in [0.3, 0.4) is 0 Å². The Morgan fingerprint density at radius 2 is 2.04 bits per heavy atom. The number of rotatable bonds is 5. The number of hydrogen-bond acceptors (Lipinski definition) is 2. The fraction of sp³-hybridized carbons (Fsp3) is 0.526. The van der Waals surface area contributed by atoms with Crippen LogP contribution in [-0.4, -0.2) is 23.0 Å². The zero-order valence-corrected chi connectivity index (χ0v) is 14.0. The minimum absolute atomic E-state index is 0.0197. The molecular formula is C19H27N3O. The minimum atomic E-state index is -0.645. The monoisotopic (exact) mass is 313 g/mol. The highest BCUT2D eigenvalue weighted by Crippen LogP contribution is 2.26. The Morgan fingerprint density at radius 1 is 1.26 bits per heavy atom. The van der Waals surface area contributed by atoms with Gasteiger partial charge in [0.2, 0.25) is 5.91 Å². The van der Waals surface area contributed by atoms with Gasteiger partial charge in [0.05, 0.1) is 5.54 Å². The summed E-state index contributed by atoms with van der Waals surface area (Å²) in [6.45, 7) is 2.81. The average molecular weight is 313 g/mol. The maximum Gasteiger partial charge on any atom is 0.240 e.